The minimum absolute atomic E-state index is 0.678. The third kappa shape index (κ3) is 4.83. The van der Waals surface area contributed by atoms with Gasteiger partial charge in [0.2, 0.25) is 0 Å². The first-order valence-electron chi connectivity index (χ1n) is 8.97. The normalized spacial score (nSPS) is 15.6. The molecule has 0 spiro atoms. The number of nitrogens with zero attached hydrogens (tertiary/aromatic N) is 1. The molecule has 3 nitrogen and oxygen atoms in total. The van der Waals surface area contributed by atoms with E-state index in [-0.39, 0.29) is 0 Å². The van der Waals surface area contributed by atoms with Crippen LogP contribution >= 0.6 is 0 Å². The number of nitrogens with one attached hydrogen (secondary N) is 1. The molecule has 0 bridgehead atoms. The number of piperidine rings is 1. The van der Waals surface area contributed by atoms with E-state index in [1.165, 1.54) is 24.0 Å². The zero-order valence-corrected chi connectivity index (χ0v) is 14.6. The number of hydrogen-bond donors (Lipinski definition) is 1. The van der Waals surface area contributed by atoms with Gasteiger partial charge >= 0.3 is 0 Å². The summed E-state index contributed by atoms with van der Waals surface area (Å²) in [6.45, 7) is 4.40. The first-order valence-corrected chi connectivity index (χ1v) is 8.97. The summed E-state index contributed by atoms with van der Waals surface area (Å²) in [7, 11) is 1.72. The summed E-state index contributed by atoms with van der Waals surface area (Å²) in [5, 5.41) is 3.48. The average Bonchev–Trinajstić information content (AvgIpc) is 2.67. The van der Waals surface area contributed by atoms with Crippen molar-refractivity contribution in [2.75, 3.05) is 26.7 Å². The van der Waals surface area contributed by atoms with E-state index in [0.29, 0.717) is 6.04 Å². The fourth-order valence-electron chi connectivity index (χ4n) is 3.45. The number of hydrogen-bond acceptors (Lipinski definition) is 3. The summed E-state index contributed by atoms with van der Waals surface area (Å²) >= 11 is 0. The van der Waals surface area contributed by atoms with Crippen molar-refractivity contribution < 1.29 is 4.74 Å². The van der Waals surface area contributed by atoms with Gasteiger partial charge in [0.25, 0.3) is 0 Å². The summed E-state index contributed by atoms with van der Waals surface area (Å²) in [5.74, 6) is 0.927. The third-order valence-corrected chi connectivity index (χ3v) is 4.90. The lowest BCUT2D eigenvalue weighted by molar-refractivity contribution is 0.155. The van der Waals surface area contributed by atoms with E-state index < -0.39 is 0 Å². The van der Waals surface area contributed by atoms with Crippen LogP contribution in [0.3, 0.4) is 0 Å². The van der Waals surface area contributed by atoms with Crippen LogP contribution in [0.15, 0.2) is 54.6 Å². The number of methoxy groups -OCH3 is 1. The van der Waals surface area contributed by atoms with E-state index in [4.69, 9.17) is 4.74 Å². The lowest BCUT2D eigenvalue weighted by atomic mass is 10.0. The van der Waals surface area contributed by atoms with E-state index >= 15 is 0 Å². The van der Waals surface area contributed by atoms with Crippen molar-refractivity contribution in [1.29, 1.82) is 0 Å². The predicted molar refractivity (Wildman–Crippen MR) is 99.4 cm³/mol. The van der Waals surface area contributed by atoms with Gasteiger partial charge in [0.15, 0.2) is 0 Å². The molecule has 0 aliphatic carbocycles. The van der Waals surface area contributed by atoms with Crippen LogP contribution in [-0.2, 0) is 13.0 Å². The molecule has 1 saturated heterocycles. The molecule has 24 heavy (non-hydrogen) atoms. The van der Waals surface area contributed by atoms with Gasteiger partial charge < -0.3 is 10.1 Å². The third-order valence-electron chi connectivity index (χ3n) is 4.90. The van der Waals surface area contributed by atoms with E-state index in [2.05, 4.69) is 64.8 Å². The smallest absolute Gasteiger partial charge is 0.118 e. The molecule has 3 heteroatoms. The Kier molecular flexibility index (Phi) is 6.27. The topological polar surface area (TPSA) is 24.5 Å². The molecule has 3 rings (SSSR count). The minimum Gasteiger partial charge on any atom is -0.497 e. The van der Waals surface area contributed by atoms with Crippen LogP contribution in [0.25, 0.3) is 0 Å². The van der Waals surface area contributed by atoms with Crippen molar-refractivity contribution in [1.82, 2.24) is 10.2 Å². The summed E-state index contributed by atoms with van der Waals surface area (Å²) in [6, 6.07) is 20.0. The fourth-order valence-corrected chi connectivity index (χ4v) is 3.45. The number of benzene rings is 2. The van der Waals surface area contributed by atoms with Gasteiger partial charge in [-0.25, -0.2) is 0 Å². The van der Waals surface area contributed by atoms with Crippen molar-refractivity contribution >= 4 is 0 Å². The van der Waals surface area contributed by atoms with Crippen LogP contribution < -0.4 is 10.1 Å². The first kappa shape index (κ1) is 17.0. The van der Waals surface area contributed by atoms with E-state index in [9.17, 15) is 0 Å². The zero-order chi connectivity index (χ0) is 16.6. The molecule has 2 aromatic rings. The predicted octanol–water partition coefficient (Wildman–Crippen LogP) is 3.49. The Morgan fingerprint density at radius 2 is 1.67 bits per heavy atom. The van der Waals surface area contributed by atoms with Crippen LogP contribution in [0.4, 0.5) is 0 Å². The Labute approximate surface area is 145 Å². The molecular formula is C21H28N2O. The average molecular weight is 324 g/mol. The van der Waals surface area contributed by atoms with Gasteiger partial charge in [0.1, 0.15) is 5.75 Å². The molecule has 1 heterocycles. The molecule has 1 aliphatic heterocycles. The highest BCUT2D eigenvalue weighted by Gasteiger charge is 2.20. The van der Waals surface area contributed by atoms with Crippen molar-refractivity contribution in [3.05, 3.63) is 65.7 Å². The quantitative estimate of drug-likeness (QED) is 0.844. The van der Waals surface area contributed by atoms with Crippen molar-refractivity contribution in [2.45, 2.75) is 31.8 Å². The van der Waals surface area contributed by atoms with Gasteiger partial charge in [0, 0.05) is 19.1 Å². The standard InChI is InChI=1S/C21H28N2O/c1-24-21-9-7-19(8-10-21)17-23(20-11-14-22-15-12-20)16-13-18-5-3-2-4-6-18/h2-10,20,22H,11-17H2,1H3. The summed E-state index contributed by atoms with van der Waals surface area (Å²) in [6.07, 6.45) is 3.59. The number of rotatable bonds is 7. The van der Waals surface area contributed by atoms with Crippen molar-refractivity contribution in [3.8, 4) is 5.75 Å². The highest BCUT2D eigenvalue weighted by molar-refractivity contribution is 5.27. The minimum atomic E-state index is 0.678. The molecule has 1 fully saturated rings. The van der Waals surface area contributed by atoms with Gasteiger partial charge in [-0.05, 0) is 55.6 Å². The zero-order valence-electron chi connectivity index (χ0n) is 14.6. The van der Waals surface area contributed by atoms with E-state index in [1.54, 1.807) is 7.11 Å². The molecule has 0 saturated carbocycles. The van der Waals surface area contributed by atoms with Crippen molar-refractivity contribution in [3.63, 3.8) is 0 Å². The van der Waals surface area contributed by atoms with Gasteiger partial charge in [-0.2, -0.15) is 0 Å². The molecule has 0 atom stereocenters. The fraction of sp³-hybridized carbons (Fsp3) is 0.429. The Morgan fingerprint density at radius 1 is 0.958 bits per heavy atom. The van der Waals surface area contributed by atoms with Crippen molar-refractivity contribution in [2.24, 2.45) is 0 Å². The molecular weight excluding hydrogens is 296 g/mol. The lowest BCUT2D eigenvalue weighted by Crippen LogP contribution is -2.43. The molecule has 128 valence electrons. The molecule has 2 aromatic carbocycles. The second-order valence-corrected chi connectivity index (χ2v) is 6.54. The van der Waals surface area contributed by atoms with E-state index in [1.807, 2.05) is 0 Å². The second-order valence-electron chi connectivity index (χ2n) is 6.54. The Morgan fingerprint density at radius 3 is 2.33 bits per heavy atom. The SMILES string of the molecule is COc1ccc(CN(CCc2ccccc2)C2CCNCC2)cc1. The van der Waals surface area contributed by atoms with Crippen LogP contribution in [0, 0.1) is 0 Å². The largest absolute Gasteiger partial charge is 0.497 e. The molecule has 0 radical (unpaired) electrons. The molecule has 0 aromatic heterocycles. The molecule has 1 aliphatic rings. The van der Waals surface area contributed by atoms with Gasteiger partial charge in [-0.15, -0.1) is 0 Å². The number of ether oxygens (including phenoxy) is 1. The van der Waals surface area contributed by atoms with Crippen LogP contribution in [-0.4, -0.2) is 37.7 Å². The summed E-state index contributed by atoms with van der Waals surface area (Å²) < 4.78 is 5.27. The second kappa shape index (κ2) is 8.86. The Bertz CT molecular complexity index is 591. The molecule has 0 amide bonds. The monoisotopic (exact) mass is 324 g/mol. The molecule has 0 unspecified atom stereocenters. The first-order chi connectivity index (χ1) is 11.8. The lowest BCUT2D eigenvalue weighted by Gasteiger charge is -2.35. The van der Waals surface area contributed by atoms with Gasteiger partial charge in [-0.1, -0.05) is 42.5 Å². The highest BCUT2D eigenvalue weighted by Crippen LogP contribution is 2.18. The summed E-state index contributed by atoms with van der Waals surface area (Å²) in [4.78, 5) is 2.66. The van der Waals surface area contributed by atoms with Crippen LogP contribution in [0.5, 0.6) is 5.75 Å². The Hall–Kier alpha value is -1.84. The van der Waals surface area contributed by atoms with Gasteiger partial charge in [-0.3, -0.25) is 4.90 Å². The highest BCUT2D eigenvalue weighted by atomic mass is 16.5. The van der Waals surface area contributed by atoms with Crippen LogP contribution in [0.1, 0.15) is 24.0 Å². The maximum atomic E-state index is 5.27. The molecule has 1 N–H and O–H groups in total. The maximum absolute atomic E-state index is 5.27. The summed E-state index contributed by atoms with van der Waals surface area (Å²) in [5.41, 5.74) is 2.79. The maximum Gasteiger partial charge on any atom is 0.118 e. The van der Waals surface area contributed by atoms with E-state index in [0.717, 1.165) is 38.3 Å². The Balaban J connectivity index is 1.66. The van der Waals surface area contributed by atoms with Crippen LogP contribution in [0.2, 0.25) is 0 Å². The van der Waals surface area contributed by atoms with Gasteiger partial charge in [0.05, 0.1) is 7.11 Å².